The summed E-state index contributed by atoms with van der Waals surface area (Å²) in [6.45, 7) is 2.80. The van der Waals surface area contributed by atoms with Gasteiger partial charge < -0.3 is 15.3 Å². The third-order valence-corrected chi connectivity index (χ3v) is 4.55. The molecule has 1 fully saturated rings. The van der Waals surface area contributed by atoms with E-state index in [0.29, 0.717) is 13.0 Å². The number of urea groups is 1. The van der Waals surface area contributed by atoms with Crippen LogP contribution in [0, 0.1) is 11.8 Å². The third-order valence-electron chi connectivity index (χ3n) is 4.55. The van der Waals surface area contributed by atoms with Gasteiger partial charge in [-0.1, -0.05) is 55.5 Å². The van der Waals surface area contributed by atoms with Gasteiger partial charge in [0, 0.05) is 18.7 Å². The molecular formula is C20H22N2O3. The lowest BCUT2D eigenvalue weighted by Crippen LogP contribution is -2.47. The van der Waals surface area contributed by atoms with E-state index in [1.165, 1.54) is 0 Å². The lowest BCUT2D eigenvalue weighted by Gasteiger charge is -2.34. The first kappa shape index (κ1) is 17.0. The molecular weight excluding hydrogens is 316 g/mol. The summed E-state index contributed by atoms with van der Waals surface area (Å²) in [6, 6.07) is 17.2. The van der Waals surface area contributed by atoms with Crippen molar-refractivity contribution in [3.63, 3.8) is 0 Å². The normalized spacial score (nSPS) is 20.1. The number of amides is 2. The van der Waals surface area contributed by atoms with Crippen LogP contribution in [0.2, 0.25) is 0 Å². The molecule has 2 aromatic carbocycles. The molecule has 0 aliphatic carbocycles. The van der Waals surface area contributed by atoms with E-state index >= 15 is 0 Å². The van der Waals surface area contributed by atoms with Crippen LogP contribution in [0.25, 0.3) is 11.1 Å². The van der Waals surface area contributed by atoms with Gasteiger partial charge in [0.1, 0.15) is 0 Å². The van der Waals surface area contributed by atoms with Crippen LogP contribution in [0.3, 0.4) is 0 Å². The second-order valence-corrected chi connectivity index (χ2v) is 6.62. The minimum atomic E-state index is -0.839. The summed E-state index contributed by atoms with van der Waals surface area (Å²) in [5.74, 6) is -1.17. The molecule has 5 heteroatoms. The first-order valence-electron chi connectivity index (χ1n) is 8.47. The van der Waals surface area contributed by atoms with E-state index in [0.717, 1.165) is 16.8 Å². The van der Waals surface area contributed by atoms with Crippen LogP contribution in [0.4, 0.5) is 10.5 Å². The van der Waals surface area contributed by atoms with E-state index in [4.69, 9.17) is 0 Å². The number of carbonyl (C=O) groups excluding carboxylic acids is 1. The summed E-state index contributed by atoms with van der Waals surface area (Å²) in [7, 11) is 0. The lowest BCUT2D eigenvalue weighted by molar-refractivity contribution is -0.143. The zero-order valence-electron chi connectivity index (χ0n) is 14.2. The van der Waals surface area contributed by atoms with Crippen molar-refractivity contribution in [2.24, 2.45) is 11.8 Å². The Balaban J connectivity index is 1.79. The molecule has 1 aliphatic heterocycles. The van der Waals surface area contributed by atoms with Gasteiger partial charge in [0.05, 0.1) is 11.6 Å². The number of likely N-dealkylation sites (tertiary alicyclic amines) is 1. The van der Waals surface area contributed by atoms with E-state index in [1.807, 2.05) is 61.5 Å². The summed E-state index contributed by atoms with van der Waals surface area (Å²) in [5.41, 5.74) is 2.69. The number of hydrogen-bond donors (Lipinski definition) is 2. The zero-order valence-corrected chi connectivity index (χ0v) is 14.2. The van der Waals surface area contributed by atoms with Gasteiger partial charge in [0.25, 0.3) is 0 Å². The number of nitrogens with zero attached hydrogens (tertiary/aromatic N) is 1. The maximum atomic E-state index is 12.7. The third kappa shape index (κ3) is 3.99. The minimum absolute atomic E-state index is 0.171. The Labute approximate surface area is 147 Å². The fraction of sp³-hybridized carbons (Fsp3) is 0.300. The standard InChI is InChI=1S/C20H22N2O3/c1-14-11-16(19(23)24)13-22(12-14)20(25)21-18-10-6-5-9-17(18)15-7-3-2-4-8-15/h2-10,14,16H,11-13H2,1H3,(H,21,25)(H,23,24). The number of aliphatic carboxylic acids is 1. The average molecular weight is 338 g/mol. The summed E-state index contributed by atoms with van der Waals surface area (Å²) in [5, 5.41) is 12.2. The van der Waals surface area contributed by atoms with E-state index in [1.54, 1.807) is 4.90 Å². The molecule has 0 aromatic heterocycles. The van der Waals surface area contributed by atoms with Crippen LogP contribution in [-0.4, -0.2) is 35.1 Å². The molecule has 2 atom stereocenters. The van der Waals surface area contributed by atoms with Gasteiger partial charge in [0.15, 0.2) is 0 Å². The highest BCUT2D eigenvalue weighted by atomic mass is 16.4. The SMILES string of the molecule is CC1CC(C(=O)O)CN(C(=O)Nc2ccccc2-c2ccccc2)C1. The van der Waals surface area contributed by atoms with Crippen LogP contribution in [0.5, 0.6) is 0 Å². The Hall–Kier alpha value is -2.82. The molecule has 130 valence electrons. The van der Waals surface area contributed by atoms with Crippen molar-refractivity contribution >= 4 is 17.7 Å². The molecule has 25 heavy (non-hydrogen) atoms. The Kier molecular flexibility index (Phi) is 5.03. The summed E-state index contributed by atoms with van der Waals surface area (Å²) < 4.78 is 0. The highest BCUT2D eigenvalue weighted by molar-refractivity contribution is 5.94. The number of hydrogen-bond acceptors (Lipinski definition) is 2. The second-order valence-electron chi connectivity index (χ2n) is 6.62. The molecule has 1 saturated heterocycles. The highest BCUT2D eigenvalue weighted by Gasteiger charge is 2.32. The van der Waals surface area contributed by atoms with E-state index in [-0.39, 0.29) is 18.5 Å². The summed E-state index contributed by atoms with van der Waals surface area (Å²) in [4.78, 5) is 25.6. The van der Waals surface area contributed by atoms with Crippen molar-refractivity contribution < 1.29 is 14.7 Å². The molecule has 2 N–H and O–H groups in total. The van der Waals surface area contributed by atoms with Crippen LogP contribution in [0.1, 0.15) is 13.3 Å². The monoisotopic (exact) mass is 338 g/mol. The average Bonchev–Trinajstić information content (AvgIpc) is 2.62. The summed E-state index contributed by atoms with van der Waals surface area (Å²) >= 11 is 0. The predicted octanol–water partition coefficient (Wildman–Crippen LogP) is 3.93. The van der Waals surface area contributed by atoms with Crippen LogP contribution < -0.4 is 5.32 Å². The fourth-order valence-corrected chi connectivity index (χ4v) is 3.35. The maximum absolute atomic E-state index is 12.7. The molecule has 2 amide bonds. The van der Waals surface area contributed by atoms with Gasteiger partial charge in [-0.15, -0.1) is 0 Å². The molecule has 0 saturated carbocycles. The molecule has 1 aliphatic rings. The van der Waals surface area contributed by atoms with Gasteiger partial charge >= 0.3 is 12.0 Å². The van der Waals surface area contributed by atoms with Crippen molar-refractivity contribution in [1.82, 2.24) is 4.90 Å². The molecule has 0 bridgehead atoms. The molecule has 1 heterocycles. The van der Waals surface area contributed by atoms with Gasteiger partial charge in [-0.05, 0) is 24.0 Å². The predicted molar refractivity (Wildman–Crippen MR) is 97.4 cm³/mol. The quantitative estimate of drug-likeness (QED) is 0.891. The number of piperidine rings is 1. The number of benzene rings is 2. The molecule has 3 rings (SSSR count). The Morgan fingerprint density at radius 1 is 1.04 bits per heavy atom. The second kappa shape index (κ2) is 7.38. The van der Waals surface area contributed by atoms with Crippen molar-refractivity contribution in [2.45, 2.75) is 13.3 Å². The highest BCUT2D eigenvalue weighted by Crippen LogP contribution is 2.28. The first-order chi connectivity index (χ1) is 12.0. The van der Waals surface area contributed by atoms with Crippen LogP contribution in [0.15, 0.2) is 54.6 Å². The molecule has 2 unspecified atom stereocenters. The number of carboxylic acid groups (broad SMARTS) is 1. The number of para-hydroxylation sites is 1. The van der Waals surface area contributed by atoms with E-state index in [9.17, 15) is 14.7 Å². The van der Waals surface area contributed by atoms with Crippen LogP contribution in [-0.2, 0) is 4.79 Å². The van der Waals surface area contributed by atoms with Gasteiger partial charge in [0.2, 0.25) is 0 Å². The minimum Gasteiger partial charge on any atom is -0.481 e. The van der Waals surface area contributed by atoms with Gasteiger partial charge in [-0.3, -0.25) is 4.79 Å². The number of carboxylic acids is 1. The Bertz CT molecular complexity index is 761. The van der Waals surface area contributed by atoms with E-state index < -0.39 is 11.9 Å². The Morgan fingerprint density at radius 3 is 2.44 bits per heavy atom. The number of anilines is 1. The largest absolute Gasteiger partial charge is 0.481 e. The van der Waals surface area contributed by atoms with Gasteiger partial charge in [-0.25, -0.2) is 4.79 Å². The summed E-state index contributed by atoms with van der Waals surface area (Å²) in [6.07, 6.45) is 0.611. The van der Waals surface area contributed by atoms with Crippen molar-refractivity contribution in [1.29, 1.82) is 0 Å². The fourth-order valence-electron chi connectivity index (χ4n) is 3.35. The topological polar surface area (TPSA) is 69.6 Å². The maximum Gasteiger partial charge on any atom is 0.321 e. The lowest BCUT2D eigenvalue weighted by atomic mass is 9.91. The van der Waals surface area contributed by atoms with Crippen molar-refractivity contribution in [3.8, 4) is 11.1 Å². The van der Waals surface area contributed by atoms with Gasteiger partial charge in [-0.2, -0.15) is 0 Å². The number of nitrogens with one attached hydrogen (secondary N) is 1. The van der Waals surface area contributed by atoms with Crippen molar-refractivity contribution in [3.05, 3.63) is 54.6 Å². The first-order valence-corrected chi connectivity index (χ1v) is 8.47. The zero-order chi connectivity index (χ0) is 17.8. The molecule has 5 nitrogen and oxygen atoms in total. The number of rotatable bonds is 3. The van der Waals surface area contributed by atoms with Crippen molar-refractivity contribution in [2.75, 3.05) is 18.4 Å². The molecule has 0 spiro atoms. The smallest absolute Gasteiger partial charge is 0.321 e. The van der Waals surface area contributed by atoms with Crippen LogP contribution >= 0.6 is 0 Å². The van der Waals surface area contributed by atoms with E-state index in [2.05, 4.69) is 5.32 Å². The molecule has 0 radical (unpaired) electrons. The Morgan fingerprint density at radius 2 is 1.72 bits per heavy atom. The number of carbonyl (C=O) groups is 2. The molecule has 2 aromatic rings.